The summed E-state index contributed by atoms with van der Waals surface area (Å²) in [5.74, 6) is -1.38. The molecule has 4 atom stereocenters. The van der Waals surface area contributed by atoms with Gasteiger partial charge in [0.2, 0.25) is 0 Å². The van der Waals surface area contributed by atoms with E-state index in [1.54, 1.807) is 6.07 Å². The lowest BCUT2D eigenvalue weighted by molar-refractivity contribution is -0.814. The number of aliphatic hydroxyl groups is 1. The number of Topliss-reactive ketones (excluding diaryl/α,β-unsaturated/α-hetero) is 1. The van der Waals surface area contributed by atoms with Gasteiger partial charge in [-0.25, -0.2) is 0 Å². The molecule has 0 saturated carbocycles. The molecule has 1 rings (SSSR count). The van der Waals surface area contributed by atoms with Crippen LogP contribution in [0.25, 0.3) is 0 Å². The molecule has 0 bridgehead atoms. The minimum atomic E-state index is -2.47. The van der Waals surface area contributed by atoms with Crippen molar-refractivity contribution in [1.29, 1.82) is 0 Å². The highest BCUT2D eigenvalue weighted by atomic mass is 17.0. The number of carbonyl (C=O) groups excluding carboxylic acids is 1. The molecule has 1 N–H and O–H groups in total. The molecule has 0 aliphatic heterocycles. The molecule has 1 unspecified atom stereocenters. The molecule has 0 amide bonds. The van der Waals surface area contributed by atoms with E-state index in [1.807, 2.05) is 0 Å². The normalized spacial score (nSPS) is 15.5. The van der Waals surface area contributed by atoms with Crippen LogP contribution in [0.4, 0.5) is 0 Å². The number of ketones is 1. The number of rotatable bonds is 12. The number of carbonyl (C=O) groups is 1. The summed E-state index contributed by atoms with van der Waals surface area (Å²) in [4.78, 5) is 56.5. The van der Waals surface area contributed by atoms with E-state index < -0.39 is 52.4 Å². The first kappa shape index (κ1) is 18.8. The Hall–Kier alpha value is -3.55. The largest absolute Gasteiger partial charge is 0.394 e. The highest BCUT2D eigenvalue weighted by molar-refractivity contribution is 5.85. The molecule has 0 heterocycles. The molecule has 26 heavy (non-hydrogen) atoms. The van der Waals surface area contributed by atoms with Gasteiger partial charge in [-0.3, -0.25) is 4.79 Å². The highest BCUT2D eigenvalue weighted by Crippen LogP contribution is 2.16. The standard InChI is InChI=1S/C12H13N3O11/c16-7-10(24-13(18)19)12(26-15(22)23)11(25-14(20)21)9(17)6-8-4-2-1-3-5-8/h1-5,10-12,16H,6-7H2/t10-,11+,12-/m1/s1/i6D/t6?,10-,11+,12-. The van der Waals surface area contributed by atoms with Crippen molar-refractivity contribution in [3.05, 3.63) is 66.2 Å². The maximum absolute atomic E-state index is 12.5. The predicted octanol–water partition coefficient (Wildman–Crippen LogP) is -0.479. The molecule has 0 spiro atoms. The van der Waals surface area contributed by atoms with Gasteiger partial charge in [0.25, 0.3) is 15.3 Å². The summed E-state index contributed by atoms with van der Waals surface area (Å²) in [5, 5.41) is 36.6. The Morgan fingerprint density at radius 3 is 2.04 bits per heavy atom. The summed E-state index contributed by atoms with van der Waals surface area (Å²) >= 11 is 0. The lowest BCUT2D eigenvalue weighted by atomic mass is 9.99. The lowest BCUT2D eigenvalue weighted by Crippen LogP contribution is -2.51. The minimum Gasteiger partial charge on any atom is -0.394 e. The van der Waals surface area contributed by atoms with E-state index in [2.05, 4.69) is 14.5 Å². The Morgan fingerprint density at radius 2 is 1.58 bits per heavy atom. The van der Waals surface area contributed by atoms with Gasteiger partial charge < -0.3 is 19.6 Å². The molecule has 0 aromatic heterocycles. The molecule has 14 heteroatoms. The van der Waals surface area contributed by atoms with Crippen LogP contribution in [-0.4, -0.2) is 51.1 Å². The van der Waals surface area contributed by atoms with Gasteiger partial charge in [-0.2, -0.15) is 0 Å². The van der Waals surface area contributed by atoms with Crippen molar-refractivity contribution in [2.24, 2.45) is 0 Å². The fourth-order valence-electron chi connectivity index (χ4n) is 1.89. The number of hydrogen-bond acceptors (Lipinski definition) is 11. The lowest BCUT2D eigenvalue weighted by Gasteiger charge is -2.27. The summed E-state index contributed by atoms with van der Waals surface area (Å²) in [7, 11) is 0. The third kappa shape index (κ3) is 6.52. The van der Waals surface area contributed by atoms with Gasteiger partial charge in [-0.15, -0.1) is 30.3 Å². The number of hydrogen-bond donors (Lipinski definition) is 1. The quantitative estimate of drug-likeness (QED) is 0.365. The summed E-state index contributed by atoms with van der Waals surface area (Å²) in [6.45, 7) is -1.28. The highest BCUT2D eigenvalue weighted by Gasteiger charge is 2.42. The average Bonchev–Trinajstić information content (AvgIpc) is 2.61. The summed E-state index contributed by atoms with van der Waals surface area (Å²) in [5.41, 5.74) is 0.0649. The van der Waals surface area contributed by atoms with E-state index in [0.29, 0.717) is 0 Å². The molecule has 0 aliphatic carbocycles. The summed E-state index contributed by atoms with van der Waals surface area (Å²) < 4.78 is 7.89. The fraction of sp³-hybridized carbons (Fsp3) is 0.417. The molecule has 142 valence electrons. The second-order valence-electron chi connectivity index (χ2n) is 4.55. The smallest absolute Gasteiger partial charge is 0.295 e. The maximum Gasteiger partial charge on any atom is 0.295 e. The van der Waals surface area contributed by atoms with Crippen molar-refractivity contribution in [2.45, 2.75) is 24.7 Å². The second kappa shape index (κ2) is 9.67. The van der Waals surface area contributed by atoms with Crippen LogP contribution in [0, 0.1) is 30.3 Å². The van der Waals surface area contributed by atoms with E-state index in [-0.39, 0.29) is 5.56 Å². The van der Waals surface area contributed by atoms with E-state index in [4.69, 9.17) is 6.48 Å². The van der Waals surface area contributed by atoms with E-state index >= 15 is 0 Å². The zero-order valence-electron chi connectivity index (χ0n) is 13.8. The van der Waals surface area contributed by atoms with Gasteiger partial charge in [-0.1, -0.05) is 30.3 Å². The molecule has 1 aromatic carbocycles. The molecule has 1 aromatic rings. The first-order chi connectivity index (χ1) is 12.7. The van der Waals surface area contributed by atoms with Crippen LogP contribution in [0.15, 0.2) is 30.3 Å². The van der Waals surface area contributed by atoms with Gasteiger partial charge in [0.05, 0.1) is 6.61 Å². The first-order valence-electron chi connectivity index (χ1n) is 7.30. The Labute approximate surface area is 145 Å². The summed E-state index contributed by atoms with van der Waals surface area (Å²) in [6, 6.07) is 7.16. The molecule has 0 radical (unpaired) electrons. The molecular weight excluding hydrogens is 362 g/mol. The SMILES string of the molecule is [2H]C(C(=O)[C@H](O[N+](=O)[O-])[C@H](O[N+](=O)[O-])[C@@H](CO)O[N+](=O)[O-])c1ccccc1. The van der Waals surface area contributed by atoms with Gasteiger partial charge in [0, 0.05) is 7.77 Å². The monoisotopic (exact) mass is 376 g/mol. The van der Waals surface area contributed by atoms with E-state index in [0.717, 1.165) is 0 Å². The zero-order valence-corrected chi connectivity index (χ0v) is 12.8. The number of benzene rings is 1. The van der Waals surface area contributed by atoms with Crippen LogP contribution < -0.4 is 0 Å². The van der Waals surface area contributed by atoms with Crippen molar-refractivity contribution < 1.29 is 41.0 Å². The molecule has 0 aliphatic rings. The van der Waals surface area contributed by atoms with Crippen molar-refractivity contribution in [3.63, 3.8) is 0 Å². The molecule has 0 fully saturated rings. The fourth-order valence-corrected chi connectivity index (χ4v) is 1.89. The van der Waals surface area contributed by atoms with Crippen LogP contribution in [0.5, 0.6) is 0 Å². The van der Waals surface area contributed by atoms with Gasteiger partial charge in [0.15, 0.2) is 24.1 Å². The van der Waals surface area contributed by atoms with Crippen LogP contribution in [0.2, 0.25) is 0 Å². The Bertz CT molecular complexity index is 688. The Kier molecular flexibility index (Phi) is 6.99. The predicted molar refractivity (Wildman–Crippen MR) is 77.8 cm³/mol. The zero-order chi connectivity index (χ0) is 20.6. The Balaban J connectivity index is 3.27. The minimum absolute atomic E-state index is 0.0649. The molecular formula is C12H13N3O11. The maximum atomic E-state index is 12.5. The van der Waals surface area contributed by atoms with Crippen molar-refractivity contribution in [1.82, 2.24) is 0 Å². The van der Waals surface area contributed by atoms with E-state index in [1.165, 1.54) is 24.3 Å². The average molecular weight is 376 g/mol. The van der Waals surface area contributed by atoms with Crippen molar-refractivity contribution in [3.8, 4) is 0 Å². The van der Waals surface area contributed by atoms with Crippen LogP contribution >= 0.6 is 0 Å². The van der Waals surface area contributed by atoms with Gasteiger partial charge >= 0.3 is 0 Å². The second-order valence-corrected chi connectivity index (χ2v) is 4.55. The third-order valence-electron chi connectivity index (χ3n) is 2.86. The topological polar surface area (TPSA) is 194 Å². The van der Waals surface area contributed by atoms with E-state index in [9.17, 15) is 35.1 Å². The number of nitrogens with zero attached hydrogens (tertiary/aromatic N) is 3. The molecule has 0 saturated heterocycles. The third-order valence-corrected chi connectivity index (χ3v) is 2.86. The van der Waals surface area contributed by atoms with Crippen LogP contribution in [-0.2, 0) is 25.7 Å². The molecule has 14 nitrogen and oxygen atoms in total. The van der Waals surface area contributed by atoms with Gasteiger partial charge in [-0.05, 0) is 5.56 Å². The van der Waals surface area contributed by atoms with Crippen molar-refractivity contribution >= 4 is 5.78 Å². The van der Waals surface area contributed by atoms with Crippen molar-refractivity contribution in [2.75, 3.05) is 6.61 Å². The number of aliphatic hydroxyl groups excluding tert-OH is 1. The van der Waals surface area contributed by atoms with Gasteiger partial charge in [0.1, 0.15) is 0 Å². The Morgan fingerprint density at radius 1 is 1.04 bits per heavy atom. The summed E-state index contributed by atoms with van der Waals surface area (Å²) in [6.07, 6.45) is -8.85. The van der Waals surface area contributed by atoms with Crippen LogP contribution in [0.1, 0.15) is 6.93 Å². The van der Waals surface area contributed by atoms with Crippen LogP contribution in [0.3, 0.4) is 0 Å². The first-order valence-corrected chi connectivity index (χ1v) is 6.72.